The minimum atomic E-state index is -0.484. The van der Waals surface area contributed by atoms with Crippen molar-refractivity contribution in [2.24, 2.45) is 17.4 Å². The Hall–Kier alpha value is -1.26. The lowest BCUT2D eigenvalue weighted by Crippen LogP contribution is -2.26. The minimum absolute atomic E-state index is 0.409. The summed E-state index contributed by atoms with van der Waals surface area (Å²) in [6.07, 6.45) is 1.04. The largest absolute Gasteiger partial charge is 0.371 e. The van der Waals surface area contributed by atoms with Crippen molar-refractivity contribution in [1.82, 2.24) is 0 Å². The van der Waals surface area contributed by atoms with Crippen LogP contribution in [0.2, 0.25) is 5.02 Å². The summed E-state index contributed by atoms with van der Waals surface area (Å²) in [5, 5.41) is 0.409. The minimum Gasteiger partial charge on any atom is -0.371 e. The van der Waals surface area contributed by atoms with E-state index in [0.29, 0.717) is 23.0 Å². The van der Waals surface area contributed by atoms with Crippen LogP contribution >= 0.6 is 11.6 Å². The SMILES string of the molecule is NCC1CCN(c2cccc(Cl)c2C(N)=O)C1. The molecule has 2 rings (SSSR count). The molecule has 1 unspecified atom stereocenters. The van der Waals surface area contributed by atoms with Crippen LogP contribution in [0.15, 0.2) is 18.2 Å². The number of benzene rings is 1. The topological polar surface area (TPSA) is 72.3 Å². The molecule has 4 N–H and O–H groups in total. The number of halogens is 1. The Morgan fingerprint density at radius 3 is 2.88 bits per heavy atom. The van der Waals surface area contributed by atoms with Gasteiger partial charge in [-0.1, -0.05) is 17.7 Å². The van der Waals surface area contributed by atoms with E-state index in [2.05, 4.69) is 4.90 Å². The Morgan fingerprint density at radius 2 is 2.29 bits per heavy atom. The van der Waals surface area contributed by atoms with Gasteiger partial charge < -0.3 is 16.4 Å². The van der Waals surface area contributed by atoms with E-state index in [4.69, 9.17) is 23.1 Å². The van der Waals surface area contributed by atoms with Crippen molar-refractivity contribution < 1.29 is 4.79 Å². The van der Waals surface area contributed by atoms with Crippen molar-refractivity contribution in [3.8, 4) is 0 Å². The zero-order valence-corrected chi connectivity index (χ0v) is 10.3. The summed E-state index contributed by atoms with van der Waals surface area (Å²) in [5.41, 5.74) is 12.3. The van der Waals surface area contributed by atoms with E-state index in [1.807, 2.05) is 12.1 Å². The van der Waals surface area contributed by atoms with Crippen LogP contribution in [-0.2, 0) is 0 Å². The number of nitrogens with zero attached hydrogens (tertiary/aromatic N) is 1. The summed E-state index contributed by atoms with van der Waals surface area (Å²) in [7, 11) is 0. The van der Waals surface area contributed by atoms with Crippen LogP contribution < -0.4 is 16.4 Å². The molecule has 0 radical (unpaired) electrons. The smallest absolute Gasteiger partial charge is 0.252 e. The van der Waals surface area contributed by atoms with Crippen LogP contribution in [0, 0.1) is 5.92 Å². The number of carbonyl (C=O) groups excluding carboxylic acids is 1. The zero-order chi connectivity index (χ0) is 12.4. The van der Waals surface area contributed by atoms with Crippen molar-refractivity contribution in [2.75, 3.05) is 24.5 Å². The van der Waals surface area contributed by atoms with Crippen LogP contribution in [0.25, 0.3) is 0 Å². The molecule has 0 aromatic heterocycles. The zero-order valence-electron chi connectivity index (χ0n) is 9.53. The fraction of sp³-hybridized carbons (Fsp3) is 0.417. The number of hydrogen-bond donors (Lipinski definition) is 2. The Labute approximate surface area is 106 Å². The lowest BCUT2D eigenvalue weighted by molar-refractivity contribution is 0.100. The van der Waals surface area contributed by atoms with Gasteiger partial charge in [0.2, 0.25) is 0 Å². The Morgan fingerprint density at radius 1 is 1.53 bits per heavy atom. The molecule has 0 saturated carbocycles. The van der Waals surface area contributed by atoms with E-state index in [1.54, 1.807) is 6.07 Å². The van der Waals surface area contributed by atoms with Gasteiger partial charge in [0, 0.05) is 13.1 Å². The van der Waals surface area contributed by atoms with E-state index >= 15 is 0 Å². The van der Waals surface area contributed by atoms with Crippen molar-refractivity contribution in [1.29, 1.82) is 0 Å². The van der Waals surface area contributed by atoms with E-state index in [-0.39, 0.29) is 0 Å². The highest BCUT2D eigenvalue weighted by molar-refractivity contribution is 6.34. The van der Waals surface area contributed by atoms with Crippen molar-refractivity contribution in [2.45, 2.75) is 6.42 Å². The first-order chi connectivity index (χ1) is 8.13. The van der Waals surface area contributed by atoms with Crippen molar-refractivity contribution in [3.63, 3.8) is 0 Å². The van der Waals surface area contributed by atoms with Gasteiger partial charge in [-0.05, 0) is 31.0 Å². The molecule has 1 atom stereocenters. The number of carbonyl (C=O) groups is 1. The Kier molecular flexibility index (Phi) is 3.54. The van der Waals surface area contributed by atoms with Gasteiger partial charge in [0.05, 0.1) is 16.3 Å². The summed E-state index contributed by atoms with van der Waals surface area (Å²) in [4.78, 5) is 13.6. The van der Waals surface area contributed by atoms with Crippen LogP contribution in [0.3, 0.4) is 0 Å². The second-order valence-corrected chi connectivity index (χ2v) is 4.74. The maximum absolute atomic E-state index is 11.4. The molecule has 1 aromatic carbocycles. The van der Waals surface area contributed by atoms with Gasteiger partial charge in [-0.15, -0.1) is 0 Å². The maximum atomic E-state index is 11.4. The highest BCUT2D eigenvalue weighted by Gasteiger charge is 2.25. The maximum Gasteiger partial charge on any atom is 0.252 e. The van der Waals surface area contributed by atoms with Gasteiger partial charge in [0.1, 0.15) is 0 Å². The Balaban J connectivity index is 2.33. The average molecular weight is 254 g/mol. The van der Waals surface area contributed by atoms with E-state index in [0.717, 1.165) is 25.2 Å². The molecular weight excluding hydrogens is 238 g/mol. The summed E-state index contributed by atoms with van der Waals surface area (Å²) in [5.74, 6) is -0.00323. The highest BCUT2D eigenvalue weighted by Crippen LogP contribution is 2.30. The molecule has 1 fully saturated rings. The third-order valence-corrected chi connectivity index (χ3v) is 3.51. The average Bonchev–Trinajstić information content (AvgIpc) is 2.76. The predicted octanol–water partition coefficient (Wildman–Crippen LogP) is 1.22. The molecule has 0 spiro atoms. The quantitative estimate of drug-likeness (QED) is 0.851. The first kappa shape index (κ1) is 12.2. The molecule has 1 saturated heterocycles. The molecule has 0 bridgehead atoms. The number of nitrogens with two attached hydrogens (primary N) is 2. The normalized spacial score (nSPS) is 19.6. The van der Waals surface area contributed by atoms with E-state index in [1.165, 1.54) is 0 Å². The van der Waals surface area contributed by atoms with Gasteiger partial charge in [0.15, 0.2) is 0 Å². The van der Waals surface area contributed by atoms with Gasteiger partial charge >= 0.3 is 0 Å². The monoisotopic (exact) mass is 253 g/mol. The van der Waals surface area contributed by atoms with Crippen LogP contribution in [0.4, 0.5) is 5.69 Å². The molecule has 1 aliphatic rings. The van der Waals surface area contributed by atoms with Gasteiger partial charge in [-0.3, -0.25) is 4.79 Å². The second kappa shape index (κ2) is 4.94. The first-order valence-corrected chi connectivity index (χ1v) is 6.04. The molecule has 92 valence electrons. The fourth-order valence-electron chi connectivity index (χ4n) is 2.26. The summed E-state index contributed by atoms with van der Waals surface area (Å²) < 4.78 is 0. The molecule has 1 amide bonds. The molecular formula is C12H16ClN3O. The lowest BCUT2D eigenvalue weighted by Gasteiger charge is -2.21. The fourth-order valence-corrected chi connectivity index (χ4v) is 2.53. The molecule has 1 aliphatic heterocycles. The molecule has 1 aromatic rings. The highest BCUT2D eigenvalue weighted by atomic mass is 35.5. The summed E-state index contributed by atoms with van der Waals surface area (Å²) >= 11 is 6.02. The number of amides is 1. The first-order valence-electron chi connectivity index (χ1n) is 5.66. The Bertz CT molecular complexity index is 436. The molecule has 5 heteroatoms. The number of rotatable bonds is 3. The van der Waals surface area contributed by atoms with Crippen LogP contribution in [0.1, 0.15) is 16.8 Å². The number of hydrogen-bond acceptors (Lipinski definition) is 3. The third-order valence-electron chi connectivity index (χ3n) is 3.20. The van der Waals surface area contributed by atoms with Crippen molar-refractivity contribution >= 4 is 23.2 Å². The summed E-state index contributed by atoms with van der Waals surface area (Å²) in [6, 6.07) is 5.40. The number of primary amides is 1. The molecule has 17 heavy (non-hydrogen) atoms. The second-order valence-electron chi connectivity index (χ2n) is 4.33. The van der Waals surface area contributed by atoms with Crippen molar-refractivity contribution in [3.05, 3.63) is 28.8 Å². The lowest BCUT2D eigenvalue weighted by atomic mass is 10.1. The van der Waals surface area contributed by atoms with E-state index in [9.17, 15) is 4.79 Å². The predicted molar refractivity (Wildman–Crippen MR) is 69.3 cm³/mol. The summed E-state index contributed by atoms with van der Waals surface area (Å²) in [6.45, 7) is 2.42. The number of anilines is 1. The van der Waals surface area contributed by atoms with Crippen LogP contribution in [0.5, 0.6) is 0 Å². The molecule has 1 heterocycles. The van der Waals surface area contributed by atoms with E-state index < -0.39 is 5.91 Å². The van der Waals surface area contributed by atoms with Crippen LogP contribution in [-0.4, -0.2) is 25.5 Å². The molecule has 0 aliphatic carbocycles. The standard InChI is InChI=1S/C12H16ClN3O/c13-9-2-1-3-10(11(9)12(15)17)16-5-4-8(6-14)7-16/h1-3,8H,4-7,14H2,(H2,15,17). The van der Waals surface area contributed by atoms with Gasteiger partial charge in [-0.25, -0.2) is 0 Å². The third kappa shape index (κ3) is 2.37. The molecule has 4 nitrogen and oxygen atoms in total. The van der Waals surface area contributed by atoms with Gasteiger partial charge in [-0.2, -0.15) is 0 Å². The van der Waals surface area contributed by atoms with Gasteiger partial charge in [0.25, 0.3) is 5.91 Å².